The monoisotopic (exact) mass is 380 g/mol. The minimum atomic E-state index is -3.31. The lowest BCUT2D eigenvalue weighted by Crippen LogP contribution is -2.39. The maximum Gasteiger partial charge on any atom is 0.221 e. The quantitative estimate of drug-likeness (QED) is 0.753. The smallest absolute Gasteiger partial charge is 0.221 e. The summed E-state index contributed by atoms with van der Waals surface area (Å²) in [5.74, 6) is -0.190. The summed E-state index contributed by atoms with van der Waals surface area (Å²) in [7, 11) is -3.31. The molecule has 0 spiro atoms. The predicted octanol–water partition coefficient (Wildman–Crippen LogP) is 2.71. The van der Waals surface area contributed by atoms with Gasteiger partial charge in [-0.1, -0.05) is 29.3 Å². The number of halogens is 2. The van der Waals surface area contributed by atoms with Crippen molar-refractivity contribution in [1.82, 2.24) is 9.62 Å². The van der Waals surface area contributed by atoms with E-state index >= 15 is 0 Å². The first kappa shape index (κ1) is 20.2. The summed E-state index contributed by atoms with van der Waals surface area (Å²) >= 11 is 11.9. The molecule has 0 heterocycles. The number of hydrogen-bond donors (Lipinski definition) is 1. The topological polar surface area (TPSA) is 66.5 Å². The summed E-state index contributed by atoms with van der Waals surface area (Å²) < 4.78 is 24.5. The van der Waals surface area contributed by atoms with Crippen molar-refractivity contribution >= 4 is 39.1 Å². The fraction of sp³-hybridized carbons (Fsp3) is 0.533. The van der Waals surface area contributed by atoms with Crippen molar-refractivity contribution < 1.29 is 13.2 Å². The number of benzene rings is 1. The highest BCUT2D eigenvalue weighted by Crippen LogP contribution is 2.21. The third-order valence-corrected chi connectivity index (χ3v) is 5.34. The van der Waals surface area contributed by atoms with Gasteiger partial charge in [0.05, 0.1) is 6.26 Å². The van der Waals surface area contributed by atoms with Gasteiger partial charge in [0.2, 0.25) is 15.9 Å². The summed E-state index contributed by atoms with van der Waals surface area (Å²) in [5, 5.41) is 3.90. The van der Waals surface area contributed by atoms with Gasteiger partial charge >= 0.3 is 0 Å². The number of carbonyl (C=O) groups is 1. The molecule has 0 unspecified atom stereocenters. The lowest BCUT2D eigenvalue weighted by molar-refractivity contribution is -0.121. The molecular formula is C15H22Cl2N2O3S. The van der Waals surface area contributed by atoms with E-state index in [1.807, 2.05) is 6.07 Å². The molecule has 1 aromatic rings. The van der Waals surface area contributed by atoms with E-state index in [2.05, 4.69) is 5.32 Å². The molecule has 1 amide bonds. The molecule has 0 saturated carbocycles. The van der Waals surface area contributed by atoms with Crippen LogP contribution in [0.2, 0.25) is 10.0 Å². The Balaban J connectivity index is 2.42. The van der Waals surface area contributed by atoms with Crippen LogP contribution in [0.5, 0.6) is 0 Å². The average Bonchev–Trinajstić information content (AvgIpc) is 2.39. The molecule has 1 rings (SSSR count). The van der Waals surface area contributed by atoms with Crippen molar-refractivity contribution in [3.63, 3.8) is 0 Å². The minimum Gasteiger partial charge on any atom is -0.356 e. The number of amides is 1. The van der Waals surface area contributed by atoms with Gasteiger partial charge in [-0.15, -0.1) is 0 Å². The van der Waals surface area contributed by atoms with E-state index in [1.165, 1.54) is 4.31 Å². The zero-order valence-electron chi connectivity index (χ0n) is 13.5. The van der Waals surface area contributed by atoms with E-state index in [0.29, 0.717) is 23.0 Å². The van der Waals surface area contributed by atoms with Gasteiger partial charge in [0, 0.05) is 35.6 Å². The SMILES string of the molecule is CC(C)N(CCC(=O)NCCc1ccc(Cl)cc1Cl)S(C)(=O)=O. The highest BCUT2D eigenvalue weighted by Gasteiger charge is 2.20. The molecule has 0 aromatic heterocycles. The Morgan fingerprint density at radius 2 is 1.96 bits per heavy atom. The second-order valence-corrected chi connectivity index (χ2v) is 8.33. The third kappa shape index (κ3) is 7.08. The molecule has 1 aromatic carbocycles. The van der Waals surface area contributed by atoms with Gasteiger partial charge in [-0.2, -0.15) is 4.31 Å². The molecule has 8 heteroatoms. The molecule has 0 radical (unpaired) electrons. The first-order chi connectivity index (χ1) is 10.6. The second-order valence-electron chi connectivity index (χ2n) is 5.55. The van der Waals surface area contributed by atoms with Crippen LogP contribution in [0.4, 0.5) is 0 Å². The van der Waals surface area contributed by atoms with Crippen LogP contribution in [0.25, 0.3) is 0 Å². The van der Waals surface area contributed by atoms with E-state index in [9.17, 15) is 13.2 Å². The number of rotatable bonds is 8. The van der Waals surface area contributed by atoms with Crippen molar-refractivity contribution in [3.8, 4) is 0 Å². The van der Waals surface area contributed by atoms with Crippen molar-refractivity contribution in [2.24, 2.45) is 0 Å². The lowest BCUT2D eigenvalue weighted by atomic mass is 10.1. The van der Waals surface area contributed by atoms with Crippen molar-refractivity contribution in [2.75, 3.05) is 19.3 Å². The Kier molecular flexibility index (Phi) is 7.80. The van der Waals surface area contributed by atoms with Crippen molar-refractivity contribution in [3.05, 3.63) is 33.8 Å². The summed E-state index contributed by atoms with van der Waals surface area (Å²) in [4.78, 5) is 11.8. The minimum absolute atomic E-state index is 0.125. The Morgan fingerprint density at radius 1 is 1.30 bits per heavy atom. The molecule has 0 aliphatic carbocycles. The van der Waals surface area contributed by atoms with E-state index < -0.39 is 10.0 Å². The fourth-order valence-electron chi connectivity index (χ4n) is 2.17. The molecule has 0 atom stereocenters. The van der Waals surface area contributed by atoms with Crippen LogP contribution in [-0.4, -0.2) is 44.0 Å². The summed E-state index contributed by atoms with van der Waals surface area (Å²) in [6, 6.07) is 5.05. The van der Waals surface area contributed by atoms with Crippen LogP contribution in [0.3, 0.4) is 0 Å². The number of hydrogen-bond acceptors (Lipinski definition) is 3. The molecule has 0 aliphatic heterocycles. The number of nitrogens with zero attached hydrogens (tertiary/aromatic N) is 1. The molecular weight excluding hydrogens is 359 g/mol. The average molecular weight is 381 g/mol. The highest BCUT2D eigenvalue weighted by molar-refractivity contribution is 7.88. The first-order valence-electron chi connectivity index (χ1n) is 7.28. The van der Waals surface area contributed by atoms with Gasteiger partial charge in [-0.25, -0.2) is 8.42 Å². The van der Waals surface area contributed by atoms with Crippen molar-refractivity contribution in [2.45, 2.75) is 32.7 Å². The van der Waals surface area contributed by atoms with Gasteiger partial charge < -0.3 is 5.32 Å². The zero-order valence-corrected chi connectivity index (χ0v) is 15.8. The van der Waals surface area contributed by atoms with Crippen molar-refractivity contribution in [1.29, 1.82) is 0 Å². The van der Waals surface area contributed by atoms with E-state index in [0.717, 1.165) is 11.8 Å². The third-order valence-electron chi connectivity index (χ3n) is 3.29. The summed E-state index contributed by atoms with van der Waals surface area (Å²) in [6.45, 7) is 4.16. The maximum absolute atomic E-state index is 11.8. The standard InChI is InChI=1S/C15H22Cl2N2O3S/c1-11(2)19(23(3,21)22)9-7-15(20)18-8-6-12-4-5-13(16)10-14(12)17/h4-5,10-11H,6-9H2,1-3H3,(H,18,20). The largest absolute Gasteiger partial charge is 0.356 e. The van der Waals surface area contributed by atoms with Crippen LogP contribution < -0.4 is 5.32 Å². The normalized spacial score (nSPS) is 12.0. The molecule has 1 N–H and O–H groups in total. The number of nitrogens with one attached hydrogen (secondary N) is 1. The highest BCUT2D eigenvalue weighted by atomic mass is 35.5. The van der Waals surface area contributed by atoms with E-state index in [1.54, 1.807) is 26.0 Å². The molecule has 0 bridgehead atoms. The van der Waals surface area contributed by atoms with Crippen LogP contribution in [0, 0.1) is 0 Å². The van der Waals surface area contributed by atoms with Crippen LogP contribution >= 0.6 is 23.2 Å². The number of carbonyl (C=O) groups excluding carboxylic acids is 1. The maximum atomic E-state index is 11.8. The summed E-state index contributed by atoms with van der Waals surface area (Å²) in [5.41, 5.74) is 0.899. The fourth-order valence-corrected chi connectivity index (χ4v) is 3.86. The van der Waals surface area contributed by atoms with Gasteiger partial charge in [-0.3, -0.25) is 4.79 Å². The molecule has 5 nitrogen and oxygen atoms in total. The van der Waals surface area contributed by atoms with Crippen LogP contribution in [-0.2, 0) is 21.2 Å². The Hall–Kier alpha value is -0.820. The van der Waals surface area contributed by atoms with Gasteiger partial charge in [0.25, 0.3) is 0 Å². The van der Waals surface area contributed by atoms with E-state index in [-0.39, 0.29) is 24.9 Å². The van der Waals surface area contributed by atoms with Gasteiger partial charge in [0.15, 0.2) is 0 Å². The number of sulfonamides is 1. The Labute approximate surface area is 148 Å². The van der Waals surface area contributed by atoms with Gasteiger partial charge in [0.1, 0.15) is 0 Å². The predicted molar refractivity (Wildman–Crippen MR) is 94.5 cm³/mol. The molecule has 0 fully saturated rings. The van der Waals surface area contributed by atoms with Crippen LogP contribution in [0.1, 0.15) is 25.8 Å². The lowest BCUT2D eigenvalue weighted by Gasteiger charge is -2.23. The Morgan fingerprint density at radius 3 is 2.48 bits per heavy atom. The zero-order chi connectivity index (χ0) is 17.6. The molecule has 0 saturated heterocycles. The van der Waals surface area contributed by atoms with E-state index in [4.69, 9.17) is 23.2 Å². The van der Waals surface area contributed by atoms with Crippen LogP contribution in [0.15, 0.2) is 18.2 Å². The Bertz CT molecular complexity index is 648. The summed E-state index contributed by atoms with van der Waals surface area (Å²) in [6.07, 6.45) is 1.86. The second kappa shape index (κ2) is 8.87. The molecule has 23 heavy (non-hydrogen) atoms. The molecule has 0 aliphatic rings. The first-order valence-corrected chi connectivity index (χ1v) is 9.89. The van der Waals surface area contributed by atoms with Gasteiger partial charge in [-0.05, 0) is 38.0 Å². The molecule has 130 valence electrons.